The molecule has 0 saturated carbocycles. The number of methoxy groups -OCH3 is 2. The quantitative estimate of drug-likeness (QED) is 0.657. The van der Waals surface area contributed by atoms with Crippen LogP contribution in [0.4, 0.5) is 5.69 Å². The molecule has 1 N–H and O–H groups in total. The van der Waals surface area contributed by atoms with Crippen LogP contribution >= 0.6 is 0 Å². The van der Waals surface area contributed by atoms with Gasteiger partial charge >= 0.3 is 0 Å². The number of nitrogens with one attached hydrogen (secondary N) is 1. The van der Waals surface area contributed by atoms with E-state index in [2.05, 4.69) is 5.32 Å². The van der Waals surface area contributed by atoms with E-state index in [9.17, 15) is 13.2 Å². The summed E-state index contributed by atoms with van der Waals surface area (Å²) in [5.41, 5.74) is 0.318. The minimum Gasteiger partial charge on any atom is -0.497 e. The number of amides is 1. The number of sulfonamides is 1. The first-order chi connectivity index (χ1) is 14.8. The van der Waals surface area contributed by atoms with Crippen molar-refractivity contribution in [2.45, 2.75) is 17.9 Å². The van der Waals surface area contributed by atoms with Crippen LogP contribution in [0.2, 0.25) is 0 Å². The smallest absolute Gasteiger partial charge is 0.265 e. The molecule has 2 aromatic carbocycles. The van der Waals surface area contributed by atoms with Crippen molar-refractivity contribution in [3.05, 3.63) is 42.5 Å². The van der Waals surface area contributed by atoms with Crippen LogP contribution in [0.1, 0.15) is 6.92 Å². The fourth-order valence-electron chi connectivity index (χ4n) is 3.06. The number of hydrogen-bond donors (Lipinski definition) is 1. The predicted molar refractivity (Wildman–Crippen MR) is 114 cm³/mol. The minimum atomic E-state index is -3.81. The molecule has 0 spiro atoms. The summed E-state index contributed by atoms with van der Waals surface area (Å²) in [5, 5.41) is 2.70. The highest BCUT2D eigenvalue weighted by Gasteiger charge is 2.30. The number of hydrogen-bond acceptors (Lipinski definition) is 7. The highest BCUT2D eigenvalue weighted by atomic mass is 32.2. The van der Waals surface area contributed by atoms with E-state index >= 15 is 0 Å². The average molecular weight is 451 g/mol. The number of carbonyl (C=O) groups is 1. The molecule has 0 aromatic heterocycles. The molecule has 0 radical (unpaired) electrons. The molecule has 1 aliphatic rings. The van der Waals surface area contributed by atoms with Gasteiger partial charge in [-0.25, -0.2) is 8.42 Å². The monoisotopic (exact) mass is 450 g/mol. The van der Waals surface area contributed by atoms with Gasteiger partial charge in [0, 0.05) is 24.8 Å². The van der Waals surface area contributed by atoms with E-state index in [1.54, 1.807) is 44.4 Å². The first-order valence-corrected chi connectivity index (χ1v) is 11.2. The number of anilines is 1. The summed E-state index contributed by atoms with van der Waals surface area (Å²) >= 11 is 0. The summed E-state index contributed by atoms with van der Waals surface area (Å²) < 4.78 is 48.8. The van der Waals surface area contributed by atoms with Gasteiger partial charge in [-0.3, -0.25) is 4.79 Å². The average Bonchev–Trinajstić information content (AvgIpc) is 2.79. The van der Waals surface area contributed by atoms with Gasteiger partial charge in [0.2, 0.25) is 10.0 Å². The molecule has 3 rings (SSSR count). The first kappa shape index (κ1) is 22.9. The van der Waals surface area contributed by atoms with Crippen LogP contribution in [0.3, 0.4) is 0 Å². The van der Waals surface area contributed by atoms with Crippen molar-refractivity contribution in [2.24, 2.45) is 0 Å². The van der Waals surface area contributed by atoms with Crippen LogP contribution in [0, 0.1) is 0 Å². The summed E-state index contributed by atoms with van der Waals surface area (Å²) in [6.45, 7) is 2.78. The molecule has 1 amide bonds. The van der Waals surface area contributed by atoms with Crippen LogP contribution in [-0.2, 0) is 19.6 Å². The van der Waals surface area contributed by atoms with Gasteiger partial charge in [0.25, 0.3) is 5.91 Å². The van der Waals surface area contributed by atoms with E-state index in [4.69, 9.17) is 18.9 Å². The summed E-state index contributed by atoms with van der Waals surface area (Å²) in [6, 6.07) is 11.4. The first-order valence-electron chi connectivity index (χ1n) is 9.72. The van der Waals surface area contributed by atoms with E-state index in [1.807, 2.05) is 0 Å². The summed E-state index contributed by atoms with van der Waals surface area (Å²) in [6.07, 6.45) is -0.825. The minimum absolute atomic E-state index is 0.0175. The summed E-state index contributed by atoms with van der Waals surface area (Å²) in [4.78, 5) is 12.6. The van der Waals surface area contributed by atoms with E-state index < -0.39 is 22.0 Å². The Morgan fingerprint density at radius 3 is 2.45 bits per heavy atom. The molecule has 1 heterocycles. The van der Waals surface area contributed by atoms with Crippen molar-refractivity contribution < 1.29 is 32.2 Å². The van der Waals surface area contributed by atoms with Crippen molar-refractivity contribution in [3.8, 4) is 17.2 Å². The lowest BCUT2D eigenvalue weighted by Crippen LogP contribution is -2.40. The van der Waals surface area contributed by atoms with Gasteiger partial charge in [0.05, 0.1) is 27.4 Å². The molecule has 0 bridgehead atoms. The number of rotatable bonds is 8. The van der Waals surface area contributed by atoms with Crippen LogP contribution in [0.5, 0.6) is 17.2 Å². The number of ether oxygens (including phenoxy) is 4. The molecule has 1 atom stereocenters. The van der Waals surface area contributed by atoms with Gasteiger partial charge < -0.3 is 24.3 Å². The maximum absolute atomic E-state index is 13.1. The molecular formula is C21H26N2O7S. The molecular weight excluding hydrogens is 424 g/mol. The van der Waals surface area contributed by atoms with Crippen molar-refractivity contribution in [2.75, 3.05) is 45.8 Å². The normalized spacial score (nSPS) is 15.7. The Morgan fingerprint density at radius 1 is 1.06 bits per heavy atom. The maximum Gasteiger partial charge on any atom is 0.265 e. The van der Waals surface area contributed by atoms with E-state index in [-0.39, 0.29) is 23.7 Å². The topological polar surface area (TPSA) is 103 Å². The third-order valence-electron chi connectivity index (χ3n) is 4.74. The Bertz CT molecular complexity index is 1020. The second-order valence-corrected chi connectivity index (χ2v) is 8.72. The van der Waals surface area contributed by atoms with Crippen molar-refractivity contribution in [1.29, 1.82) is 0 Å². The lowest BCUT2D eigenvalue weighted by atomic mass is 10.2. The standard InChI is InChI=1S/C21H26N2O7S/c1-15(30-18-6-4-5-17(14-18)27-2)21(24)22-16-7-8-19(28-3)20(13-16)31(25,26)23-9-11-29-12-10-23/h4-8,13-15H,9-12H2,1-3H3,(H,22,24)/t15-/m1/s1. The highest BCUT2D eigenvalue weighted by Crippen LogP contribution is 2.30. The van der Waals surface area contributed by atoms with E-state index in [0.29, 0.717) is 30.4 Å². The fraction of sp³-hybridized carbons (Fsp3) is 0.381. The van der Waals surface area contributed by atoms with Crippen LogP contribution in [0.25, 0.3) is 0 Å². The molecule has 0 unspecified atom stereocenters. The van der Waals surface area contributed by atoms with Gasteiger partial charge in [-0.1, -0.05) is 6.07 Å². The maximum atomic E-state index is 13.1. The molecule has 9 nitrogen and oxygen atoms in total. The number of morpholine rings is 1. The number of carbonyl (C=O) groups excluding carboxylic acids is 1. The second-order valence-electron chi connectivity index (χ2n) is 6.81. The third kappa shape index (κ3) is 5.46. The molecule has 1 fully saturated rings. The Balaban J connectivity index is 1.76. The van der Waals surface area contributed by atoms with Crippen LogP contribution in [0.15, 0.2) is 47.4 Å². The predicted octanol–water partition coefficient (Wildman–Crippen LogP) is 2.13. The van der Waals surface area contributed by atoms with E-state index in [1.165, 1.54) is 23.5 Å². The Kier molecular flexibility index (Phi) is 7.37. The fourth-order valence-corrected chi connectivity index (χ4v) is 4.65. The van der Waals surface area contributed by atoms with Gasteiger partial charge in [-0.15, -0.1) is 0 Å². The lowest BCUT2D eigenvalue weighted by Gasteiger charge is -2.27. The third-order valence-corrected chi connectivity index (χ3v) is 6.66. The molecule has 1 saturated heterocycles. The molecule has 10 heteroatoms. The Hall–Kier alpha value is -2.82. The van der Waals surface area contributed by atoms with Crippen LogP contribution < -0.4 is 19.5 Å². The number of benzene rings is 2. The molecule has 1 aliphatic heterocycles. The zero-order valence-electron chi connectivity index (χ0n) is 17.7. The number of nitrogens with zero attached hydrogens (tertiary/aromatic N) is 1. The van der Waals surface area contributed by atoms with Gasteiger partial charge in [0.15, 0.2) is 6.10 Å². The molecule has 0 aliphatic carbocycles. The zero-order valence-corrected chi connectivity index (χ0v) is 18.5. The van der Waals surface area contributed by atoms with Crippen molar-refractivity contribution in [3.63, 3.8) is 0 Å². The summed E-state index contributed by atoms with van der Waals surface area (Å²) in [7, 11) is -0.866. The molecule has 31 heavy (non-hydrogen) atoms. The Labute approximate surface area is 181 Å². The van der Waals surface area contributed by atoms with E-state index in [0.717, 1.165) is 0 Å². The lowest BCUT2D eigenvalue weighted by molar-refractivity contribution is -0.122. The SMILES string of the molecule is COc1cccc(O[C@H](C)C(=O)Nc2ccc(OC)c(S(=O)(=O)N3CCOCC3)c2)c1. The Morgan fingerprint density at radius 2 is 1.77 bits per heavy atom. The van der Waals surface area contributed by atoms with Gasteiger partial charge in [-0.2, -0.15) is 4.31 Å². The highest BCUT2D eigenvalue weighted by molar-refractivity contribution is 7.89. The van der Waals surface area contributed by atoms with Crippen LogP contribution in [-0.4, -0.2) is 65.3 Å². The molecule has 168 valence electrons. The second kappa shape index (κ2) is 9.99. The zero-order chi connectivity index (χ0) is 22.4. The van der Waals surface area contributed by atoms with Gasteiger partial charge in [0.1, 0.15) is 22.1 Å². The van der Waals surface area contributed by atoms with Crippen molar-refractivity contribution >= 4 is 21.6 Å². The van der Waals surface area contributed by atoms with Gasteiger partial charge in [-0.05, 0) is 37.3 Å². The molecule has 2 aromatic rings. The largest absolute Gasteiger partial charge is 0.497 e. The summed E-state index contributed by atoms with van der Waals surface area (Å²) in [5.74, 6) is 0.860. The van der Waals surface area contributed by atoms with Crippen molar-refractivity contribution in [1.82, 2.24) is 4.31 Å².